The monoisotopic (exact) mass is 453 g/mol. The molecule has 2 N–H and O–H groups in total. The highest BCUT2D eigenvalue weighted by atomic mass is 79.9. The number of pyridine rings is 1. The van der Waals surface area contributed by atoms with Crippen LogP contribution >= 0.6 is 15.9 Å². The van der Waals surface area contributed by atoms with Gasteiger partial charge in [0.05, 0.1) is 11.6 Å². The summed E-state index contributed by atoms with van der Waals surface area (Å²) in [6.07, 6.45) is 2.20. The normalized spacial score (nSPS) is 10.3. The van der Waals surface area contributed by atoms with Crippen LogP contribution in [-0.4, -0.2) is 24.4 Å². The Hall–Kier alpha value is -3.19. The molecule has 0 radical (unpaired) electrons. The molecule has 0 fully saturated rings. The molecule has 0 saturated heterocycles. The van der Waals surface area contributed by atoms with Crippen molar-refractivity contribution in [2.24, 2.45) is 0 Å². The van der Waals surface area contributed by atoms with Crippen molar-refractivity contribution in [3.8, 4) is 16.9 Å². The number of carbonyl (C=O) groups is 2. The molecule has 29 heavy (non-hydrogen) atoms. The zero-order valence-corrected chi connectivity index (χ0v) is 17.8. The molecule has 2 aromatic carbocycles. The predicted octanol–water partition coefficient (Wildman–Crippen LogP) is 4.96. The molecule has 0 unspecified atom stereocenters. The lowest BCUT2D eigenvalue weighted by Crippen LogP contribution is -2.15. The van der Waals surface area contributed by atoms with Crippen LogP contribution in [0.3, 0.4) is 0 Å². The van der Waals surface area contributed by atoms with Crippen LogP contribution in [0.5, 0.6) is 5.75 Å². The summed E-state index contributed by atoms with van der Waals surface area (Å²) in [6.45, 7) is 3.89. The van der Waals surface area contributed by atoms with Crippen LogP contribution in [0.25, 0.3) is 11.1 Å². The molecule has 1 heterocycles. The summed E-state index contributed by atoms with van der Waals surface area (Å²) in [5.74, 6) is 0.204. The molecule has 6 nitrogen and oxygen atoms in total. The zero-order valence-electron chi connectivity index (χ0n) is 16.2. The zero-order chi connectivity index (χ0) is 21.0. The number of methoxy groups -OCH3 is 1. The fourth-order valence-corrected chi connectivity index (χ4v) is 3.48. The molecule has 0 bridgehead atoms. The van der Waals surface area contributed by atoms with E-state index < -0.39 is 0 Å². The smallest absolute Gasteiger partial charge is 0.274 e. The van der Waals surface area contributed by atoms with E-state index in [1.807, 2.05) is 50.2 Å². The fourth-order valence-electron chi connectivity index (χ4n) is 3.10. The van der Waals surface area contributed by atoms with Crippen LogP contribution < -0.4 is 15.4 Å². The lowest BCUT2D eigenvalue weighted by atomic mass is 9.94. The molecule has 0 spiro atoms. The van der Waals surface area contributed by atoms with Gasteiger partial charge in [-0.2, -0.15) is 0 Å². The number of halogens is 1. The number of rotatable bonds is 6. The lowest BCUT2D eigenvalue weighted by Gasteiger charge is -2.16. The molecule has 0 saturated carbocycles. The largest absolute Gasteiger partial charge is 0.495 e. The molecule has 1 aromatic heterocycles. The van der Waals surface area contributed by atoms with Gasteiger partial charge < -0.3 is 15.4 Å². The second kappa shape index (κ2) is 8.87. The molecule has 2 amide bonds. The first-order chi connectivity index (χ1) is 14.0. The molecule has 7 heteroatoms. The van der Waals surface area contributed by atoms with Crippen LogP contribution in [0.1, 0.15) is 21.6 Å². The highest BCUT2D eigenvalue weighted by Gasteiger charge is 2.15. The van der Waals surface area contributed by atoms with Crippen molar-refractivity contribution in [3.63, 3.8) is 0 Å². The standard InChI is InChI=1S/C22H20BrN3O3/c1-13-15(6-4-8-18(13)25-12-27)16-7-5-9-19(14(16)2)26-22(28)20-10-21(29-3)17(23)11-24-20/h4-12H,1-3H3,(H,25,27)(H,26,28). The van der Waals surface area contributed by atoms with E-state index in [0.29, 0.717) is 22.3 Å². The molecule has 0 atom stereocenters. The van der Waals surface area contributed by atoms with E-state index in [1.54, 1.807) is 6.07 Å². The average Bonchev–Trinajstić information content (AvgIpc) is 2.72. The Balaban J connectivity index is 1.95. The number of nitrogens with one attached hydrogen (secondary N) is 2. The predicted molar refractivity (Wildman–Crippen MR) is 117 cm³/mol. The average molecular weight is 454 g/mol. The number of carbonyl (C=O) groups excluding carboxylic acids is 2. The van der Waals surface area contributed by atoms with Crippen LogP contribution in [0.2, 0.25) is 0 Å². The Morgan fingerprint density at radius 2 is 1.69 bits per heavy atom. The number of aromatic nitrogens is 1. The number of benzene rings is 2. The number of hydrogen-bond donors (Lipinski definition) is 2. The molecule has 3 aromatic rings. The van der Waals surface area contributed by atoms with Crippen LogP contribution in [0, 0.1) is 13.8 Å². The van der Waals surface area contributed by atoms with Crippen molar-refractivity contribution in [2.45, 2.75) is 13.8 Å². The quantitative estimate of drug-likeness (QED) is 0.517. The van der Waals surface area contributed by atoms with E-state index in [9.17, 15) is 9.59 Å². The summed E-state index contributed by atoms with van der Waals surface area (Å²) in [5.41, 5.74) is 5.50. The van der Waals surface area contributed by atoms with Gasteiger partial charge in [-0.25, -0.2) is 4.98 Å². The number of hydrogen-bond acceptors (Lipinski definition) is 4. The number of ether oxygens (including phenoxy) is 1. The fraction of sp³-hybridized carbons (Fsp3) is 0.136. The number of anilines is 2. The Morgan fingerprint density at radius 1 is 1.07 bits per heavy atom. The summed E-state index contributed by atoms with van der Waals surface area (Å²) in [7, 11) is 1.53. The second-order valence-corrected chi connectivity index (χ2v) is 7.23. The molecular formula is C22H20BrN3O3. The van der Waals surface area contributed by atoms with Gasteiger partial charge in [0.15, 0.2) is 0 Å². The van der Waals surface area contributed by atoms with Gasteiger partial charge in [-0.05, 0) is 64.2 Å². The van der Waals surface area contributed by atoms with Gasteiger partial charge in [0.2, 0.25) is 6.41 Å². The minimum Gasteiger partial charge on any atom is -0.495 e. The van der Waals surface area contributed by atoms with Gasteiger partial charge in [0, 0.05) is 23.6 Å². The van der Waals surface area contributed by atoms with Crippen LogP contribution in [0.4, 0.5) is 11.4 Å². The van der Waals surface area contributed by atoms with E-state index in [0.717, 1.165) is 27.9 Å². The lowest BCUT2D eigenvalue weighted by molar-refractivity contribution is -0.105. The third-order valence-corrected chi connectivity index (χ3v) is 5.29. The minimum atomic E-state index is -0.329. The second-order valence-electron chi connectivity index (χ2n) is 6.38. The molecule has 148 valence electrons. The van der Waals surface area contributed by atoms with Gasteiger partial charge in [-0.3, -0.25) is 9.59 Å². The summed E-state index contributed by atoms with van der Waals surface area (Å²) in [4.78, 5) is 27.7. The van der Waals surface area contributed by atoms with Crippen LogP contribution in [-0.2, 0) is 4.79 Å². The Bertz CT molecular complexity index is 1080. The highest BCUT2D eigenvalue weighted by Crippen LogP contribution is 2.34. The highest BCUT2D eigenvalue weighted by molar-refractivity contribution is 9.10. The molecular weight excluding hydrogens is 434 g/mol. The maximum absolute atomic E-state index is 12.7. The minimum absolute atomic E-state index is 0.253. The van der Waals surface area contributed by atoms with Crippen molar-refractivity contribution in [1.82, 2.24) is 4.98 Å². The third-order valence-electron chi connectivity index (χ3n) is 4.69. The summed E-state index contributed by atoms with van der Waals surface area (Å²) >= 11 is 3.33. The Labute approximate surface area is 177 Å². The van der Waals surface area contributed by atoms with Crippen molar-refractivity contribution < 1.29 is 14.3 Å². The molecule has 0 aliphatic heterocycles. The van der Waals surface area contributed by atoms with E-state index in [2.05, 4.69) is 31.5 Å². The van der Waals surface area contributed by atoms with Gasteiger partial charge in [0.1, 0.15) is 11.4 Å². The third kappa shape index (κ3) is 4.30. The first-order valence-corrected chi connectivity index (χ1v) is 9.66. The summed E-state index contributed by atoms with van der Waals surface area (Å²) < 4.78 is 5.91. The molecule has 0 aliphatic rings. The Morgan fingerprint density at radius 3 is 2.31 bits per heavy atom. The summed E-state index contributed by atoms with van der Waals surface area (Å²) in [5, 5.41) is 5.64. The van der Waals surface area contributed by atoms with Gasteiger partial charge in [-0.1, -0.05) is 24.3 Å². The topological polar surface area (TPSA) is 80.3 Å². The van der Waals surface area contributed by atoms with E-state index in [1.165, 1.54) is 13.3 Å². The van der Waals surface area contributed by atoms with Gasteiger partial charge >= 0.3 is 0 Å². The Kier molecular flexibility index (Phi) is 6.29. The molecule has 3 rings (SSSR count). The maximum atomic E-state index is 12.7. The SMILES string of the molecule is COc1cc(C(=O)Nc2cccc(-c3cccc(NC=O)c3C)c2C)ncc1Br. The number of amides is 2. The van der Waals surface area contributed by atoms with Crippen molar-refractivity contribution in [2.75, 3.05) is 17.7 Å². The molecule has 0 aliphatic carbocycles. The van der Waals surface area contributed by atoms with Crippen molar-refractivity contribution in [3.05, 3.63) is 70.0 Å². The van der Waals surface area contributed by atoms with Crippen molar-refractivity contribution >= 4 is 39.6 Å². The number of nitrogens with zero attached hydrogens (tertiary/aromatic N) is 1. The van der Waals surface area contributed by atoms with Crippen LogP contribution in [0.15, 0.2) is 53.1 Å². The summed E-state index contributed by atoms with van der Waals surface area (Å²) in [6, 6.07) is 13.0. The first kappa shape index (κ1) is 20.5. The van der Waals surface area contributed by atoms with E-state index in [-0.39, 0.29) is 11.6 Å². The van der Waals surface area contributed by atoms with Gasteiger partial charge in [-0.15, -0.1) is 0 Å². The first-order valence-electron chi connectivity index (χ1n) is 8.87. The maximum Gasteiger partial charge on any atom is 0.274 e. The van der Waals surface area contributed by atoms with E-state index in [4.69, 9.17) is 4.74 Å². The van der Waals surface area contributed by atoms with Crippen molar-refractivity contribution in [1.29, 1.82) is 0 Å². The van der Waals surface area contributed by atoms with E-state index >= 15 is 0 Å². The van der Waals surface area contributed by atoms with Gasteiger partial charge in [0.25, 0.3) is 5.91 Å².